The monoisotopic (exact) mass is 310 g/mol. The second-order valence-corrected chi connectivity index (χ2v) is 6.08. The Morgan fingerprint density at radius 2 is 1.91 bits per heavy atom. The molecule has 0 saturated carbocycles. The highest BCUT2D eigenvalue weighted by atomic mass is 15.3. The molecule has 0 saturated heterocycles. The summed E-state index contributed by atoms with van der Waals surface area (Å²) in [5.41, 5.74) is 8.05. The molecule has 0 amide bonds. The van der Waals surface area contributed by atoms with Gasteiger partial charge in [-0.05, 0) is 11.5 Å². The molecule has 0 aliphatic carbocycles. The Labute approximate surface area is 135 Å². The van der Waals surface area contributed by atoms with Gasteiger partial charge >= 0.3 is 0 Å². The van der Waals surface area contributed by atoms with Gasteiger partial charge in [0.1, 0.15) is 5.82 Å². The van der Waals surface area contributed by atoms with Crippen LogP contribution in [-0.2, 0) is 7.05 Å². The Morgan fingerprint density at radius 3 is 2.61 bits per heavy atom. The molecular weight excluding hydrogens is 288 g/mol. The van der Waals surface area contributed by atoms with Gasteiger partial charge in [-0.3, -0.25) is 4.68 Å². The Hall–Kier alpha value is -2.63. The van der Waals surface area contributed by atoms with E-state index in [1.807, 2.05) is 13.1 Å². The van der Waals surface area contributed by atoms with Crippen molar-refractivity contribution in [3.63, 3.8) is 0 Å². The van der Waals surface area contributed by atoms with Crippen LogP contribution >= 0.6 is 0 Å². The van der Waals surface area contributed by atoms with Gasteiger partial charge in [0.15, 0.2) is 5.65 Å². The van der Waals surface area contributed by atoms with Crippen LogP contribution in [0.15, 0.2) is 36.5 Å². The first-order valence-corrected chi connectivity index (χ1v) is 7.80. The lowest BCUT2D eigenvalue weighted by atomic mass is 9.88. The van der Waals surface area contributed by atoms with E-state index in [9.17, 15) is 0 Å². The van der Waals surface area contributed by atoms with Gasteiger partial charge < -0.3 is 11.1 Å². The van der Waals surface area contributed by atoms with E-state index in [0.29, 0.717) is 23.6 Å². The van der Waals surface area contributed by atoms with Gasteiger partial charge in [0.05, 0.1) is 11.6 Å². The number of anilines is 2. The van der Waals surface area contributed by atoms with Crippen molar-refractivity contribution in [3.05, 3.63) is 42.1 Å². The number of fused-ring (bicyclic) bond motifs is 1. The predicted octanol–water partition coefficient (Wildman–Crippen LogP) is 2.80. The van der Waals surface area contributed by atoms with E-state index in [2.05, 4.69) is 58.5 Å². The van der Waals surface area contributed by atoms with E-state index in [-0.39, 0.29) is 0 Å². The van der Waals surface area contributed by atoms with Gasteiger partial charge in [0, 0.05) is 19.5 Å². The first kappa shape index (κ1) is 15.3. The zero-order chi connectivity index (χ0) is 16.4. The zero-order valence-corrected chi connectivity index (χ0v) is 13.7. The molecular formula is C17H22N6. The Morgan fingerprint density at radius 1 is 1.17 bits per heavy atom. The van der Waals surface area contributed by atoms with Crippen LogP contribution in [0.4, 0.5) is 11.8 Å². The molecule has 0 fully saturated rings. The maximum absolute atomic E-state index is 6.00. The summed E-state index contributed by atoms with van der Waals surface area (Å²) in [5.74, 6) is 1.87. The topological polar surface area (TPSA) is 81.6 Å². The lowest BCUT2D eigenvalue weighted by Gasteiger charge is -2.22. The summed E-state index contributed by atoms with van der Waals surface area (Å²) in [6.45, 7) is 5.20. The van der Waals surface area contributed by atoms with Crippen LogP contribution in [0.5, 0.6) is 0 Å². The lowest BCUT2D eigenvalue weighted by Crippen LogP contribution is -2.19. The molecule has 1 aromatic carbocycles. The molecule has 0 spiro atoms. The fourth-order valence-electron chi connectivity index (χ4n) is 2.76. The second kappa shape index (κ2) is 6.24. The summed E-state index contributed by atoms with van der Waals surface area (Å²) in [5, 5.41) is 8.29. The number of rotatable bonds is 5. The SMILES string of the molecule is CC(C)C(CNc1nc(N)c2cnn(C)c2n1)c1ccccc1. The molecule has 23 heavy (non-hydrogen) atoms. The summed E-state index contributed by atoms with van der Waals surface area (Å²) in [4.78, 5) is 8.86. The average molecular weight is 310 g/mol. The Kier molecular flexibility index (Phi) is 4.14. The van der Waals surface area contributed by atoms with Crippen LogP contribution in [0.3, 0.4) is 0 Å². The van der Waals surface area contributed by atoms with Crippen molar-refractivity contribution >= 4 is 22.8 Å². The fraction of sp³-hybridized carbons (Fsp3) is 0.353. The third-order valence-electron chi connectivity index (χ3n) is 4.13. The highest BCUT2D eigenvalue weighted by Crippen LogP contribution is 2.25. The van der Waals surface area contributed by atoms with Crippen LogP contribution in [0.1, 0.15) is 25.3 Å². The summed E-state index contributed by atoms with van der Waals surface area (Å²) >= 11 is 0. The minimum absolute atomic E-state index is 0.378. The molecule has 0 radical (unpaired) electrons. The largest absolute Gasteiger partial charge is 0.383 e. The minimum Gasteiger partial charge on any atom is -0.383 e. The van der Waals surface area contributed by atoms with Gasteiger partial charge in [-0.25, -0.2) is 0 Å². The highest BCUT2D eigenvalue weighted by molar-refractivity contribution is 5.86. The zero-order valence-electron chi connectivity index (χ0n) is 13.7. The molecule has 0 aliphatic rings. The van der Waals surface area contributed by atoms with Gasteiger partial charge in [0.2, 0.25) is 5.95 Å². The summed E-state index contributed by atoms with van der Waals surface area (Å²) in [6, 6.07) is 10.5. The third-order valence-corrected chi connectivity index (χ3v) is 4.13. The smallest absolute Gasteiger partial charge is 0.226 e. The molecule has 1 atom stereocenters. The van der Waals surface area contributed by atoms with Crippen LogP contribution in [-0.4, -0.2) is 26.3 Å². The molecule has 3 rings (SSSR count). The first-order chi connectivity index (χ1) is 11.1. The summed E-state index contributed by atoms with van der Waals surface area (Å²) in [7, 11) is 1.85. The van der Waals surface area contributed by atoms with Crippen molar-refractivity contribution in [2.45, 2.75) is 19.8 Å². The van der Waals surface area contributed by atoms with Gasteiger partial charge in [0.25, 0.3) is 0 Å². The second-order valence-electron chi connectivity index (χ2n) is 6.08. The number of aryl methyl sites for hydroxylation is 1. The quantitative estimate of drug-likeness (QED) is 0.757. The van der Waals surface area contributed by atoms with E-state index in [1.54, 1.807) is 10.9 Å². The van der Waals surface area contributed by atoms with Crippen molar-refractivity contribution < 1.29 is 0 Å². The third kappa shape index (κ3) is 3.11. The number of nitrogen functional groups attached to an aromatic ring is 1. The van der Waals surface area contributed by atoms with Crippen molar-refractivity contribution in [2.75, 3.05) is 17.6 Å². The van der Waals surface area contributed by atoms with Gasteiger partial charge in [-0.1, -0.05) is 44.2 Å². The maximum atomic E-state index is 6.00. The molecule has 2 heterocycles. The van der Waals surface area contributed by atoms with Crippen LogP contribution < -0.4 is 11.1 Å². The van der Waals surface area contributed by atoms with Crippen molar-refractivity contribution in [1.82, 2.24) is 19.7 Å². The fourth-order valence-corrected chi connectivity index (χ4v) is 2.76. The number of aromatic nitrogens is 4. The summed E-state index contributed by atoms with van der Waals surface area (Å²) < 4.78 is 1.70. The molecule has 0 bridgehead atoms. The van der Waals surface area contributed by atoms with Crippen molar-refractivity contribution in [3.8, 4) is 0 Å². The molecule has 120 valence electrons. The van der Waals surface area contributed by atoms with E-state index in [4.69, 9.17) is 5.73 Å². The number of hydrogen-bond acceptors (Lipinski definition) is 5. The number of nitrogens with zero attached hydrogens (tertiary/aromatic N) is 4. The maximum Gasteiger partial charge on any atom is 0.226 e. The lowest BCUT2D eigenvalue weighted by molar-refractivity contribution is 0.516. The molecule has 3 aromatic rings. The predicted molar refractivity (Wildman–Crippen MR) is 93.2 cm³/mol. The van der Waals surface area contributed by atoms with Crippen LogP contribution in [0, 0.1) is 5.92 Å². The van der Waals surface area contributed by atoms with Gasteiger partial charge in [-0.15, -0.1) is 0 Å². The average Bonchev–Trinajstić information content (AvgIpc) is 2.90. The first-order valence-electron chi connectivity index (χ1n) is 7.80. The van der Waals surface area contributed by atoms with E-state index in [1.165, 1.54) is 5.56 Å². The molecule has 3 N–H and O–H groups in total. The Balaban J connectivity index is 1.82. The van der Waals surface area contributed by atoms with E-state index >= 15 is 0 Å². The Bertz CT molecular complexity index is 793. The van der Waals surface area contributed by atoms with Crippen LogP contribution in [0.25, 0.3) is 11.0 Å². The standard InChI is InChI=1S/C17H22N6/c1-11(2)13(12-7-5-4-6-8-12)9-19-17-21-15(18)14-10-20-23(3)16(14)22-17/h4-8,10-11,13H,9H2,1-3H3,(H3,18,19,21,22). The molecule has 1 unspecified atom stereocenters. The van der Waals surface area contributed by atoms with Crippen molar-refractivity contribution in [2.24, 2.45) is 13.0 Å². The van der Waals surface area contributed by atoms with Gasteiger partial charge in [-0.2, -0.15) is 15.1 Å². The molecule has 6 heteroatoms. The highest BCUT2D eigenvalue weighted by Gasteiger charge is 2.16. The number of hydrogen-bond donors (Lipinski definition) is 2. The minimum atomic E-state index is 0.378. The normalized spacial score (nSPS) is 12.7. The molecule has 0 aliphatic heterocycles. The number of nitrogens with two attached hydrogens (primary N) is 1. The molecule has 2 aromatic heterocycles. The van der Waals surface area contributed by atoms with E-state index in [0.717, 1.165) is 17.6 Å². The van der Waals surface area contributed by atoms with E-state index < -0.39 is 0 Å². The van der Waals surface area contributed by atoms with Crippen LogP contribution in [0.2, 0.25) is 0 Å². The van der Waals surface area contributed by atoms with Crippen molar-refractivity contribution in [1.29, 1.82) is 0 Å². The number of benzene rings is 1. The number of nitrogens with one attached hydrogen (secondary N) is 1. The summed E-state index contributed by atoms with van der Waals surface area (Å²) in [6.07, 6.45) is 1.69. The molecule has 6 nitrogen and oxygen atoms in total.